The van der Waals surface area contributed by atoms with Crippen LogP contribution in [0.25, 0.3) is 0 Å². The number of anilines is 1. The van der Waals surface area contributed by atoms with Crippen molar-refractivity contribution in [2.24, 2.45) is 5.92 Å². The average Bonchev–Trinajstić information content (AvgIpc) is 2.48. The minimum atomic E-state index is -0.0639. The molecule has 114 valence electrons. The highest BCUT2D eigenvalue weighted by Crippen LogP contribution is 2.16. The highest BCUT2D eigenvalue weighted by Gasteiger charge is 2.20. The lowest BCUT2D eigenvalue weighted by atomic mass is 10.0. The van der Waals surface area contributed by atoms with Gasteiger partial charge in [-0.25, -0.2) is 0 Å². The van der Waals surface area contributed by atoms with Crippen LogP contribution in [0.4, 0.5) is 5.69 Å². The first-order valence-corrected chi connectivity index (χ1v) is 8.51. The summed E-state index contributed by atoms with van der Waals surface area (Å²) in [5, 5.41) is 2.82. The number of piperidine rings is 1. The van der Waals surface area contributed by atoms with Crippen LogP contribution in [-0.4, -0.2) is 41.3 Å². The predicted octanol–water partition coefficient (Wildman–Crippen LogP) is 2.62. The predicted molar refractivity (Wildman–Crippen MR) is 87.4 cm³/mol. The molecule has 0 aromatic heterocycles. The summed E-state index contributed by atoms with van der Waals surface area (Å²) in [5.41, 5.74) is 0.791. The van der Waals surface area contributed by atoms with E-state index in [1.54, 1.807) is 0 Å². The molecule has 0 spiro atoms. The molecule has 4 nitrogen and oxygen atoms in total. The van der Waals surface area contributed by atoms with Crippen molar-refractivity contribution >= 4 is 29.3 Å². The van der Waals surface area contributed by atoms with E-state index >= 15 is 0 Å². The number of nitrogens with one attached hydrogen (secondary N) is 1. The first kappa shape index (κ1) is 15.9. The molecule has 1 aliphatic heterocycles. The van der Waals surface area contributed by atoms with E-state index in [0.717, 1.165) is 25.2 Å². The minimum Gasteiger partial charge on any atom is -0.342 e. The average molecular weight is 306 g/mol. The number of carbonyl (C=O) groups is 2. The van der Waals surface area contributed by atoms with Crippen molar-refractivity contribution in [2.75, 3.05) is 29.9 Å². The van der Waals surface area contributed by atoms with E-state index in [-0.39, 0.29) is 11.8 Å². The van der Waals surface area contributed by atoms with Gasteiger partial charge in [-0.15, -0.1) is 11.8 Å². The molecule has 1 aliphatic rings. The molecule has 1 aromatic rings. The van der Waals surface area contributed by atoms with E-state index in [2.05, 4.69) is 12.2 Å². The molecule has 1 aromatic carbocycles. The zero-order valence-electron chi connectivity index (χ0n) is 12.4. The molecule has 1 saturated heterocycles. The molecule has 2 rings (SSSR count). The van der Waals surface area contributed by atoms with Crippen molar-refractivity contribution in [1.29, 1.82) is 0 Å². The molecule has 5 heteroatoms. The first-order valence-electron chi connectivity index (χ1n) is 7.35. The van der Waals surface area contributed by atoms with Crippen molar-refractivity contribution < 1.29 is 9.59 Å². The van der Waals surface area contributed by atoms with Gasteiger partial charge in [-0.05, 0) is 30.9 Å². The molecule has 2 amide bonds. The van der Waals surface area contributed by atoms with Crippen molar-refractivity contribution in [3.8, 4) is 0 Å². The van der Waals surface area contributed by atoms with Gasteiger partial charge in [-0.1, -0.05) is 25.1 Å². The Morgan fingerprint density at radius 1 is 1.29 bits per heavy atom. The van der Waals surface area contributed by atoms with Gasteiger partial charge in [0.1, 0.15) is 0 Å². The number of benzene rings is 1. The summed E-state index contributed by atoms with van der Waals surface area (Å²) in [5.74, 6) is 1.37. The molecular formula is C16H22N2O2S. The summed E-state index contributed by atoms with van der Waals surface area (Å²) in [6, 6.07) is 9.36. The van der Waals surface area contributed by atoms with E-state index in [1.165, 1.54) is 18.2 Å². The number of nitrogens with zero attached hydrogens (tertiary/aromatic N) is 1. The van der Waals surface area contributed by atoms with Crippen LogP contribution < -0.4 is 5.32 Å². The Kier molecular flexibility index (Phi) is 6.11. The van der Waals surface area contributed by atoms with Gasteiger partial charge in [0.15, 0.2) is 0 Å². The largest absolute Gasteiger partial charge is 0.342 e. The Morgan fingerprint density at radius 3 is 2.76 bits per heavy atom. The van der Waals surface area contributed by atoms with Gasteiger partial charge in [0.05, 0.1) is 11.5 Å². The quantitative estimate of drug-likeness (QED) is 0.910. The standard InChI is InChI=1S/C16H22N2O2S/c1-13-6-5-9-18(10-13)16(20)12-21-11-15(19)17-14-7-3-2-4-8-14/h2-4,7-8,13H,5-6,9-12H2,1H3,(H,17,19). The lowest BCUT2D eigenvalue weighted by Gasteiger charge is -2.30. The summed E-state index contributed by atoms with van der Waals surface area (Å²) < 4.78 is 0. The first-order chi connectivity index (χ1) is 10.1. The van der Waals surface area contributed by atoms with Crippen LogP contribution in [0.3, 0.4) is 0 Å². The number of para-hydroxylation sites is 1. The summed E-state index contributed by atoms with van der Waals surface area (Å²) >= 11 is 1.38. The summed E-state index contributed by atoms with van der Waals surface area (Å²) in [7, 11) is 0. The van der Waals surface area contributed by atoms with Gasteiger partial charge in [0.25, 0.3) is 0 Å². The van der Waals surface area contributed by atoms with E-state index < -0.39 is 0 Å². The fourth-order valence-electron chi connectivity index (χ4n) is 2.46. The molecule has 1 N–H and O–H groups in total. The van der Waals surface area contributed by atoms with Crippen LogP contribution in [-0.2, 0) is 9.59 Å². The second kappa shape index (κ2) is 8.08. The summed E-state index contributed by atoms with van der Waals surface area (Å²) in [6.07, 6.45) is 2.29. The highest BCUT2D eigenvalue weighted by atomic mass is 32.2. The van der Waals surface area contributed by atoms with Crippen LogP contribution in [0.5, 0.6) is 0 Å². The van der Waals surface area contributed by atoms with Gasteiger partial charge in [-0.3, -0.25) is 9.59 Å². The van der Waals surface area contributed by atoms with Gasteiger partial charge >= 0.3 is 0 Å². The SMILES string of the molecule is CC1CCCN(C(=O)CSCC(=O)Nc2ccccc2)C1. The van der Waals surface area contributed by atoms with Crippen molar-refractivity contribution in [1.82, 2.24) is 4.90 Å². The fourth-order valence-corrected chi connectivity index (χ4v) is 3.17. The van der Waals surface area contributed by atoms with Crippen LogP contribution in [0.15, 0.2) is 30.3 Å². The Balaban J connectivity index is 1.66. The number of thioether (sulfide) groups is 1. The zero-order chi connectivity index (χ0) is 15.1. The maximum atomic E-state index is 12.1. The number of hydrogen-bond donors (Lipinski definition) is 1. The van der Waals surface area contributed by atoms with Crippen LogP contribution in [0.2, 0.25) is 0 Å². The molecule has 0 bridgehead atoms. The Morgan fingerprint density at radius 2 is 2.05 bits per heavy atom. The zero-order valence-corrected chi connectivity index (χ0v) is 13.2. The lowest BCUT2D eigenvalue weighted by Crippen LogP contribution is -2.40. The smallest absolute Gasteiger partial charge is 0.234 e. The van der Waals surface area contributed by atoms with Gasteiger partial charge < -0.3 is 10.2 Å². The summed E-state index contributed by atoms with van der Waals surface area (Å²) in [6.45, 7) is 3.90. The Labute approximate surface area is 130 Å². The fraction of sp³-hybridized carbons (Fsp3) is 0.500. The number of likely N-dealkylation sites (tertiary alicyclic amines) is 1. The van der Waals surface area contributed by atoms with Crippen molar-refractivity contribution in [3.05, 3.63) is 30.3 Å². The van der Waals surface area contributed by atoms with Crippen molar-refractivity contribution in [2.45, 2.75) is 19.8 Å². The van der Waals surface area contributed by atoms with Gasteiger partial charge in [0, 0.05) is 18.8 Å². The lowest BCUT2D eigenvalue weighted by molar-refractivity contribution is -0.130. The topological polar surface area (TPSA) is 49.4 Å². The number of hydrogen-bond acceptors (Lipinski definition) is 3. The third-order valence-corrected chi connectivity index (χ3v) is 4.44. The highest BCUT2D eigenvalue weighted by molar-refractivity contribution is 8.00. The maximum absolute atomic E-state index is 12.1. The normalized spacial score (nSPS) is 18.3. The van der Waals surface area contributed by atoms with E-state index in [4.69, 9.17) is 0 Å². The van der Waals surface area contributed by atoms with E-state index in [1.807, 2.05) is 35.2 Å². The number of carbonyl (C=O) groups excluding carboxylic acids is 2. The molecule has 1 fully saturated rings. The van der Waals surface area contributed by atoms with Gasteiger partial charge in [0.2, 0.25) is 11.8 Å². The Hall–Kier alpha value is -1.49. The van der Waals surface area contributed by atoms with E-state index in [9.17, 15) is 9.59 Å². The summed E-state index contributed by atoms with van der Waals surface area (Å²) in [4.78, 5) is 25.7. The second-order valence-corrected chi connectivity index (χ2v) is 6.48. The number of rotatable bonds is 5. The molecule has 21 heavy (non-hydrogen) atoms. The molecule has 0 saturated carbocycles. The Bertz CT molecular complexity index is 478. The van der Waals surface area contributed by atoms with Crippen molar-refractivity contribution in [3.63, 3.8) is 0 Å². The molecule has 1 atom stereocenters. The third kappa shape index (κ3) is 5.42. The number of amides is 2. The van der Waals surface area contributed by atoms with E-state index in [0.29, 0.717) is 17.4 Å². The molecular weight excluding hydrogens is 284 g/mol. The third-order valence-electron chi connectivity index (χ3n) is 3.53. The van der Waals surface area contributed by atoms with Crippen LogP contribution in [0, 0.1) is 5.92 Å². The van der Waals surface area contributed by atoms with Gasteiger partial charge in [-0.2, -0.15) is 0 Å². The monoisotopic (exact) mass is 306 g/mol. The molecule has 1 unspecified atom stereocenters. The maximum Gasteiger partial charge on any atom is 0.234 e. The minimum absolute atomic E-state index is 0.0639. The van der Waals surface area contributed by atoms with Crippen LogP contribution >= 0.6 is 11.8 Å². The van der Waals surface area contributed by atoms with Crippen LogP contribution in [0.1, 0.15) is 19.8 Å². The molecule has 1 heterocycles. The molecule has 0 radical (unpaired) electrons. The molecule has 0 aliphatic carbocycles. The second-order valence-electron chi connectivity index (χ2n) is 5.49.